The van der Waals surface area contributed by atoms with Gasteiger partial charge in [0.05, 0.1) is 11.4 Å². The molecule has 3 heterocycles. The van der Waals surface area contributed by atoms with Crippen LogP contribution in [0.5, 0.6) is 0 Å². The summed E-state index contributed by atoms with van der Waals surface area (Å²) in [6.07, 6.45) is 7.12. The lowest BCUT2D eigenvalue weighted by Gasteiger charge is -2.47. The van der Waals surface area contributed by atoms with E-state index in [0.717, 1.165) is 0 Å². The first-order valence-corrected chi connectivity index (χ1v) is 30.0. The van der Waals surface area contributed by atoms with Crippen molar-refractivity contribution >= 4 is 78.0 Å². The molecule has 0 saturated heterocycles. The lowest BCUT2D eigenvalue weighted by molar-refractivity contribution is 0.332. The molecule has 0 bridgehead atoms. The number of anilines is 6. The number of nitrogens with zero attached hydrogens (tertiary/aromatic N) is 2. The predicted octanol–water partition coefficient (Wildman–Crippen LogP) is 18.9. The minimum Gasteiger partial charge on any atom is -0.311 e. The molecule has 7 aromatic rings. The van der Waals surface area contributed by atoms with Crippen molar-refractivity contribution in [2.75, 3.05) is 9.80 Å². The van der Waals surface area contributed by atoms with Crippen LogP contribution in [0.15, 0.2) is 91.0 Å². The molecule has 3 aliphatic carbocycles. The molecule has 0 atom stereocenters. The second-order valence-electron chi connectivity index (χ2n) is 30.8. The summed E-state index contributed by atoms with van der Waals surface area (Å²) in [5.41, 5.74) is 28.3. The number of hydrogen-bond donors (Lipinski definition) is 0. The van der Waals surface area contributed by atoms with E-state index in [0.29, 0.717) is 0 Å². The third-order valence-corrected chi connectivity index (χ3v) is 21.5. The molecule has 0 spiro atoms. The van der Waals surface area contributed by atoms with Crippen molar-refractivity contribution in [2.45, 2.75) is 220 Å². The van der Waals surface area contributed by atoms with E-state index in [-0.39, 0.29) is 50.0 Å². The van der Waals surface area contributed by atoms with Crippen molar-refractivity contribution in [2.24, 2.45) is 0 Å². The standard InChI is InChI=1S/C72H87BN2S/c1-42-33-59-62-60(34-42)75(57-35-43(2)50(66(6,7)8)37-47(57)44-21-23-45(24-22-44)65(3,4)5)63-48-38-52-55(72(19,20)32-29-69(52,13)14)41-61(48)76-64(63)73(62)56-39-53-54(71(17,18)31-30-70(53,15)16)40-58(56)74(59)46-25-26-49-51(36-46)68(11,12)28-27-67(49,9)10/h21-26,33-41H,27-32H2,1-20H3. The van der Waals surface area contributed by atoms with Gasteiger partial charge < -0.3 is 9.80 Å². The summed E-state index contributed by atoms with van der Waals surface area (Å²) in [6, 6.07) is 38.3. The van der Waals surface area contributed by atoms with E-state index in [9.17, 15) is 0 Å². The largest absolute Gasteiger partial charge is 0.311 e. The van der Waals surface area contributed by atoms with Gasteiger partial charge in [-0.1, -0.05) is 161 Å². The highest BCUT2D eigenvalue weighted by atomic mass is 32.1. The van der Waals surface area contributed by atoms with E-state index in [1.165, 1.54) is 165 Å². The van der Waals surface area contributed by atoms with Gasteiger partial charge in [0.15, 0.2) is 0 Å². The monoisotopic (exact) mass is 1020 g/mol. The molecule has 0 unspecified atom stereocenters. The van der Waals surface area contributed by atoms with Gasteiger partial charge in [-0.15, -0.1) is 11.3 Å². The van der Waals surface area contributed by atoms with Crippen LogP contribution in [0.3, 0.4) is 0 Å². The third kappa shape index (κ3) is 7.73. The van der Waals surface area contributed by atoms with Crippen molar-refractivity contribution in [1.82, 2.24) is 0 Å². The number of benzene rings is 6. The fourth-order valence-corrected chi connectivity index (χ4v) is 16.4. The molecular formula is C72H87BN2S. The highest BCUT2D eigenvalue weighted by molar-refractivity contribution is 7.33. The zero-order chi connectivity index (χ0) is 54.6. The van der Waals surface area contributed by atoms with Crippen molar-refractivity contribution in [1.29, 1.82) is 0 Å². The van der Waals surface area contributed by atoms with E-state index in [1.54, 1.807) is 0 Å². The maximum atomic E-state index is 2.80. The SMILES string of the molecule is Cc1cc2c3c(c1)N(c1cc(C)c(C(C)(C)C)cc1-c1ccc(C(C)(C)C)cc1)c1c(sc4cc5c(cc14)C(C)(C)CCC5(C)C)B3c1cc3c(cc1N2c1ccc2c(c1)C(C)(C)CCC2(C)C)C(C)(C)CCC3(C)C. The Morgan fingerprint density at radius 1 is 0.461 bits per heavy atom. The van der Waals surface area contributed by atoms with Gasteiger partial charge in [-0.3, -0.25) is 0 Å². The number of fused-ring (bicyclic) bond motifs is 9. The van der Waals surface area contributed by atoms with Gasteiger partial charge in [0, 0.05) is 43.2 Å². The minimum absolute atomic E-state index is 0.0414. The lowest BCUT2D eigenvalue weighted by Crippen LogP contribution is -2.61. The van der Waals surface area contributed by atoms with Crippen LogP contribution in [0.1, 0.15) is 219 Å². The summed E-state index contributed by atoms with van der Waals surface area (Å²) in [6.45, 7) is 48.9. The summed E-state index contributed by atoms with van der Waals surface area (Å²) in [5, 5.41) is 1.40. The minimum atomic E-state index is -0.0414. The molecule has 0 N–H and O–H groups in total. The molecular weight excluding hydrogens is 936 g/mol. The molecule has 0 fully saturated rings. The van der Waals surface area contributed by atoms with Gasteiger partial charge in [0.2, 0.25) is 0 Å². The molecule has 394 valence electrons. The van der Waals surface area contributed by atoms with E-state index in [2.05, 4.69) is 251 Å². The highest BCUT2D eigenvalue weighted by Gasteiger charge is 2.50. The third-order valence-electron chi connectivity index (χ3n) is 20.3. The van der Waals surface area contributed by atoms with Crippen LogP contribution >= 0.6 is 11.3 Å². The summed E-state index contributed by atoms with van der Waals surface area (Å²) in [7, 11) is 0. The van der Waals surface area contributed by atoms with Gasteiger partial charge >= 0.3 is 0 Å². The Kier molecular flexibility index (Phi) is 11.1. The van der Waals surface area contributed by atoms with Crippen molar-refractivity contribution < 1.29 is 0 Å². The van der Waals surface area contributed by atoms with E-state index >= 15 is 0 Å². The second-order valence-corrected chi connectivity index (χ2v) is 31.9. The molecule has 5 aliphatic rings. The quantitative estimate of drug-likeness (QED) is 0.163. The van der Waals surface area contributed by atoms with Crippen LogP contribution in [-0.2, 0) is 43.3 Å². The van der Waals surface area contributed by atoms with E-state index < -0.39 is 0 Å². The summed E-state index contributed by atoms with van der Waals surface area (Å²) < 4.78 is 2.88. The van der Waals surface area contributed by atoms with Gasteiger partial charge in [-0.2, -0.15) is 0 Å². The first-order valence-electron chi connectivity index (χ1n) is 29.2. The maximum Gasteiger partial charge on any atom is 0.264 e. The van der Waals surface area contributed by atoms with Crippen molar-refractivity contribution in [3.63, 3.8) is 0 Å². The van der Waals surface area contributed by atoms with Crippen LogP contribution in [-0.4, -0.2) is 6.71 Å². The smallest absolute Gasteiger partial charge is 0.264 e. The van der Waals surface area contributed by atoms with Crippen molar-refractivity contribution in [3.8, 4) is 11.1 Å². The van der Waals surface area contributed by atoms with Crippen LogP contribution in [0.25, 0.3) is 21.2 Å². The molecule has 12 rings (SSSR count). The van der Waals surface area contributed by atoms with Gasteiger partial charge in [0.25, 0.3) is 6.71 Å². The zero-order valence-corrected chi connectivity index (χ0v) is 51.1. The molecule has 2 aliphatic heterocycles. The van der Waals surface area contributed by atoms with Crippen LogP contribution in [0.4, 0.5) is 34.1 Å². The fourth-order valence-electron chi connectivity index (χ4n) is 15.0. The Hall–Kier alpha value is -5.06. The normalized spacial score (nSPS) is 20.1. The number of thiophene rings is 1. The van der Waals surface area contributed by atoms with E-state index in [4.69, 9.17) is 0 Å². The highest BCUT2D eigenvalue weighted by Crippen LogP contribution is 2.57. The average molecular weight is 1020 g/mol. The molecule has 0 saturated carbocycles. The fraction of sp³-hybridized carbons (Fsp3) is 0.472. The number of aryl methyl sites for hydroxylation is 2. The van der Waals surface area contributed by atoms with E-state index in [1.807, 2.05) is 0 Å². The second kappa shape index (κ2) is 16.3. The van der Waals surface area contributed by atoms with Crippen LogP contribution < -0.4 is 25.5 Å². The Labute approximate surface area is 463 Å². The molecule has 1 aromatic heterocycles. The van der Waals surface area contributed by atoms with Crippen LogP contribution in [0.2, 0.25) is 0 Å². The first-order chi connectivity index (χ1) is 35.2. The Morgan fingerprint density at radius 3 is 1.51 bits per heavy atom. The van der Waals surface area contributed by atoms with Crippen molar-refractivity contribution in [3.05, 3.63) is 147 Å². The topological polar surface area (TPSA) is 6.48 Å². The van der Waals surface area contributed by atoms with Gasteiger partial charge in [-0.05, 0) is 222 Å². The molecule has 4 heteroatoms. The first kappa shape index (κ1) is 51.7. The molecule has 0 radical (unpaired) electrons. The Bertz CT molecular complexity index is 3590. The Balaban J connectivity index is 1.24. The van der Waals surface area contributed by atoms with Crippen LogP contribution in [0, 0.1) is 13.8 Å². The molecule has 76 heavy (non-hydrogen) atoms. The molecule has 2 nitrogen and oxygen atoms in total. The number of rotatable bonds is 3. The summed E-state index contributed by atoms with van der Waals surface area (Å²) in [5.74, 6) is 0. The molecule has 6 aromatic carbocycles. The lowest BCUT2D eigenvalue weighted by atomic mass is 9.35. The number of hydrogen-bond acceptors (Lipinski definition) is 3. The van der Waals surface area contributed by atoms with Gasteiger partial charge in [0.1, 0.15) is 0 Å². The average Bonchev–Trinajstić information content (AvgIpc) is 3.92. The predicted molar refractivity (Wildman–Crippen MR) is 334 cm³/mol. The maximum absolute atomic E-state index is 2.80. The zero-order valence-electron chi connectivity index (χ0n) is 50.3. The summed E-state index contributed by atoms with van der Waals surface area (Å²) in [4.78, 5) is 5.54. The Morgan fingerprint density at radius 2 is 0.961 bits per heavy atom. The van der Waals surface area contributed by atoms with Gasteiger partial charge in [-0.25, -0.2) is 0 Å². The molecule has 0 amide bonds. The summed E-state index contributed by atoms with van der Waals surface area (Å²) >= 11 is 2.09.